The van der Waals surface area contributed by atoms with Crippen molar-refractivity contribution in [1.82, 2.24) is 14.6 Å². The fourth-order valence-corrected chi connectivity index (χ4v) is 5.10. The SMILES string of the molecule is CS(=O)(=O)N(CCCCc1ccc2c(n1)NCCC2)CCC(NC(=O)c1cccc(F)c1Cl)C(=O)O. The van der Waals surface area contributed by atoms with Gasteiger partial charge in [-0.15, -0.1) is 0 Å². The van der Waals surface area contributed by atoms with E-state index >= 15 is 0 Å². The molecule has 1 amide bonds. The van der Waals surface area contributed by atoms with Crippen LogP contribution in [-0.2, 0) is 27.7 Å². The Kier molecular flexibility index (Phi) is 9.63. The normalized spacial score (nSPS) is 14.1. The summed E-state index contributed by atoms with van der Waals surface area (Å²) in [7, 11) is -3.61. The molecule has 0 saturated heterocycles. The highest BCUT2D eigenvalue weighted by atomic mass is 35.5. The van der Waals surface area contributed by atoms with Crippen LogP contribution in [0.1, 0.15) is 47.3 Å². The van der Waals surface area contributed by atoms with Crippen molar-refractivity contribution in [3.8, 4) is 0 Å². The number of pyridine rings is 1. The lowest BCUT2D eigenvalue weighted by Crippen LogP contribution is -2.44. The second kappa shape index (κ2) is 12.5. The van der Waals surface area contributed by atoms with E-state index in [4.69, 9.17) is 11.6 Å². The number of amides is 1. The Labute approximate surface area is 215 Å². The number of fused-ring (bicyclic) bond motifs is 1. The minimum Gasteiger partial charge on any atom is -0.480 e. The number of anilines is 1. The molecule has 2 aromatic rings. The van der Waals surface area contributed by atoms with Gasteiger partial charge in [0.2, 0.25) is 10.0 Å². The Balaban J connectivity index is 1.54. The maximum absolute atomic E-state index is 13.6. The molecule has 0 aliphatic carbocycles. The average Bonchev–Trinajstić information content (AvgIpc) is 2.83. The van der Waals surface area contributed by atoms with E-state index in [0.717, 1.165) is 43.2 Å². The first-order valence-corrected chi connectivity index (χ1v) is 13.9. The Morgan fingerprint density at radius 2 is 2.03 bits per heavy atom. The van der Waals surface area contributed by atoms with Crippen molar-refractivity contribution >= 4 is 39.3 Å². The number of sulfonamides is 1. The molecular weight excluding hydrogens is 511 g/mol. The monoisotopic (exact) mass is 540 g/mol. The first kappa shape index (κ1) is 27.8. The van der Waals surface area contributed by atoms with E-state index < -0.39 is 38.8 Å². The van der Waals surface area contributed by atoms with Crippen molar-refractivity contribution in [1.29, 1.82) is 0 Å². The molecule has 0 radical (unpaired) electrons. The molecule has 1 aliphatic heterocycles. The second-order valence-corrected chi connectivity index (χ2v) is 11.1. The number of nitrogens with zero attached hydrogens (tertiary/aromatic N) is 2. The van der Waals surface area contributed by atoms with E-state index in [2.05, 4.69) is 21.7 Å². The number of hydrogen-bond acceptors (Lipinski definition) is 6. The van der Waals surface area contributed by atoms with Gasteiger partial charge in [-0.25, -0.2) is 26.9 Å². The van der Waals surface area contributed by atoms with E-state index in [1.807, 2.05) is 6.07 Å². The highest BCUT2D eigenvalue weighted by molar-refractivity contribution is 7.88. The zero-order valence-electron chi connectivity index (χ0n) is 20.0. The zero-order chi connectivity index (χ0) is 26.3. The number of aryl methyl sites for hydroxylation is 2. The van der Waals surface area contributed by atoms with Gasteiger partial charge in [0.25, 0.3) is 5.91 Å². The number of carbonyl (C=O) groups is 2. The first-order chi connectivity index (χ1) is 17.1. The standard InChI is InChI=1S/C24H30ClFN4O5S/c1-36(34,35)30(14-3-2-7-17-11-10-16-6-5-13-27-22(16)28-17)15-12-20(24(32)33)29-23(31)18-8-4-9-19(26)21(18)25/h4,8-11,20H,2-3,5-7,12-15H2,1H3,(H,27,28)(H,29,31)(H,32,33). The van der Waals surface area contributed by atoms with Crippen LogP contribution in [-0.4, -0.2) is 66.6 Å². The minimum atomic E-state index is -3.61. The van der Waals surface area contributed by atoms with Crippen LogP contribution in [0.25, 0.3) is 0 Å². The Hall–Kier alpha value is -2.76. The lowest BCUT2D eigenvalue weighted by atomic mass is 10.1. The highest BCUT2D eigenvalue weighted by Gasteiger charge is 2.25. The predicted molar refractivity (Wildman–Crippen MR) is 135 cm³/mol. The molecule has 0 spiro atoms. The van der Waals surface area contributed by atoms with Crippen molar-refractivity contribution in [2.75, 3.05) is 31.2 Å². The molecule has 0 fully saturated rings. The quantitative estimate of drug-likeness (QED) is 0.353. The van der Waals surface area contributed by atoms with Gasteiger partial charge in [-0.1, -0.05) is 23.7 Å². The van der Waals surface area contributed by atoms with Gasteiger partial charge in [-0.05, 0) is 62.3 Å². The predicted octanol–water partition coefficient (Wildman–Crippen LogP) is 3.09. The molecule has 1 atom stereocenters. The molecule has 36 heavy (non-hydrogen) atoms. The van der Waals surface area contributed by atoms with E-state index in [1.165, 1.54) is 22.0 Å². The van der Waals surface area contributed by atoms with Crippen LogP contribution in [0.3, 0.4) is 0 Å². The Morgan fingerprint density at radius 3 is 2.75 bits per heavy atom. The molecule has 9 nitrogen and oxygen atoms in total. The molecule has 1 aliphatic rings. The molecule has 196 valence electrons. The number of halogens is 2. The number of benzene rings is 1. The third-order valence-electron chi connectivity index (χ3n) is 5.98. The van der Waals surface area contributed by atoms with E-state index in [-0.39, 0.29) is 25.1 Å². The largest absolute Gasteiger partial charge is 0.480 e. The molecule has 1 aromatic heterocycles. The van der Waals surface area contributed by atoms with Gasteiger partial charge < -0.3 is 15.7 Å². The van der Waals surface area contributed by atoms with E-state index in [1.54, 1.807) is 0 Å². The lowest BCUT2D eigenvalue weighted by molar-refractivity contribution is -0.139. The van der Waals surface area contributed by atoms with Crippen LogP contribution < -0.4 is 10.6 Å². The summed E-state index contributed by atoms with van der Waals surface area (Å²) in [4.78, 5) is 28.8. The van der Waals surface area contributed by atoms with Crippen molar-refractivity contribution in [3.63, 3.8) is 0 Å². The lowest BCUT2D eigenvalue weighted by Gasteiger charge is -2.22. The van der Waals surface area contributed by atoms with Gasteiger partial charge in [0.15, 0.2) is 0 Å². The number of hydrogen-bond donors (Lipinski definition) is 3. The first-order valence-electron chi connectivity index (χ1n) is 11.7. The summed E-state index contributed by atoms with van der Waals surface area (Å²) in [6, 6.07) is 6.32. The summed E-state index contributed by atoms with van der Waals surface area (Å²) in [6.45, 7) is 1.01. The van der Waals surface area contributed by atoms with Crippen LogP contribution in [0.4, 0.5) is 10.2 Å². The number of aliphatic carboxylic acids is 1. The number of carbonyl (C=O) groups excluding carboxylic acids is 1. The number of carboxylic acid groups (broad SMARTS) is 1. The van der Waals surface area contributed by atoms with Gasteiger partial charge in [0.1, 0.15) is 17.7 Å². The van der Waals surface area contributed by atoms with Gasteiger partial charge in [0, 0.05) is 25.3 Å². The summed E-state index contributed by atoms with van der Waals surface area (Å²) < 4.78 is 39.4. The van der Waals surface area contributed by atoms with E-state index in [9.17, 15) is 27.5 Å². The molecule has 3 rings (SSSR count). The van der Waals surface area contributed by atoms with Crippen LogP contribution in [0.5, 0.6) is 0 Å². The molecule has 0 saturated carbocycles. The molecule has 1 unspecified atom stereocenters. The topological polar surface area (TPSA) is 129 Å². The number of carboxylic acids is 1. The maximum Gasteiger partial charge on any atom is 0.326 e. The van der Waals surface area contributed by atoms with Crippen molar-refractivity contribution in [2.24, 2.45) is 0 Å². The summed E-state index contributed by atoms with van der Waals surface area (Å²) in [5, 5.41) is 14.7. The molecular formula is C24H30ClFN4O5S. The third-order valence-corrected chi connectivity index (χ3v) is 7.67. The van der Waals surface area contributed by atoms with Gasteiger partial charge in [-0.3, -0.25) is 4.79 Å². The van der Waals surface area contributed by atoms with Gasteiger partial charge in [0.05, 0.1) is 16.8 Å². The van der Waals surface area contributed by atoms with Crippen LogP contribution in [0, 0.1) is 5.82 Å². The molecule has 3 N–H and O–H groups in total. The fourth-order valence-electron chi connectivity index (χ4n) is 3.99. The van der Waals surface area contributed by atoms with E-state index in [0.29, 0.717) is 19.3 Å². The van der Waals surface area contributed by atoms with Crippen LogP contribution in [0.2, 0.25) is 5.02 Å². The Morgan fingerprint density at radius 1 is 1.25 bits per heavy atom. The summed E-state index contributed by atoms with van der Waals surface area (Å²) in [6.07, 6.45) is 4.93. The smallest absolute Gasteiger partial charge is 0.326 e. The molecule has 12 heteroatoms. The average molecular weight is 541 g/mol. The molecule has 0 bridgehead atoms. The minimum absolute atomic E-state index is 0.103. The Bertz CT molecular complexity index is 1210. The number of aromatic nitrogens is 1. The zero-order valence-corrected chi connectivity index (χ0v) is 21.5. The maximum atomic E-state index is 13.6. The summed E-state index contributed by atoms with van der Waals surface area (Å²) in [5.74, 6) is -2.08. The second-order valence-electron chi connectivity index (χ2n) is 8.71. The third kappa shape index (κ3) is 7.62. The van der Waals surface area contributed by atoms with Crippen molar-refractivity contribution < 1.29 is 27.5 Å². The molecule has 1 aromatic carbocycles. The number of unbranched alkanes of at least 4 members (excludes halogenated alkanes) is 1. The van der Waals surface area contributed by atoms with Gasteiger partial charge >= 0.3 is 5.97 Å². The summed E-state index contributed by atoms with van der Waals surface area (Å²) >= 11 is 5.81. The van der Waals surface area contributed by atoms with Crippen molar-refractivity contribution in [3.05, 3.63) is 58.0 Å². The number of rotatable bonds is 12. The van der Waals surface area contributed by atoms with Gasteiger partial charge in [-0.2, -0.15) is 0 Å². The molecule has 2 heterocycles. The fraction of sp³-hybridized carbons (Fsp3) is 0.458. The van der Waals surface area contributed by atoms with Crippen LogP contribution in [0.15, 0.2) is 30.3 Å². The van der Waals surface area contributed by atoms with Crippen LogP contribution >= 0.6 is 11.6 Å². The summed E-state index contributed by atoms with van der Waals surface area (Å²) in [5.41, 5.74) is 1.93. The van der Waals surface area contributed by atoms with Crippen molar-refractivity contribution in [2.45, 2.75) is 44.6 Å². The number of nitrogens with one attached hydrogen (secondary N) is 2. The highest BCUT2D eigenvalue weighted by Crippen LogP contribution is 2.21.